The van der Waals surface area contributed by atoms with Crippen LogP contribution in [0.1, 0.15) is 42.1 Å². The van der Waals surface area contributed by atoms with Crippen molar-refractivity contribution in [3.63, 3.8) is 0 Å². The minimum atomic E-state index is 0.291. The Kier molecular flexibility index (Phi) is 4.14. The lowest BCUT2D eigenvalue weighted by atomic mass is 9.99. The summed E-state index contributed by atoms with van der Waals surface area (Å²) in [7, 11) is 0. The highest BCUT2D eigenvalue weighted by Gasteiger charge is 2.16. The molecule has 0 saturated heterocycles. The van der Waals surface area contributed by atoms with Gasteiger partial charge in [-0.15, -0.1) is 0 Å². The van der Waals surface area contributed by atoms with Crippen molar-refractivity contribution in [2.45, 2.75) is 40.5 Å². The summed E-state index contributed by atoms with van der Waals surface area (Å²) < 4.78 is 0.804. The third-order valence-corrected chi connectivity index (χ3v) is 4.16. The quantitative estimate of drug-likeness (QED) is 0.877. The molecule has 1 aromatic carbocycles. The van der Waals surface area contributed by atoms with Gasteiger partial charge in [0.15, 0.2) is 5.82 Å². The molecule has 3 nitrogen and oxygen atoms in total. The second kappa shape index (κ2) is 5.52. The SMILES string of the molecule is Cc1cc(C)c(-c2nc(N)c(Br)c(C(C)C)n2)c(C)c1. The van der Waals surface area contributed by atoms with Crippen LogP contribution in [0, 0.1) is 20.8 Å². The Balaban J connectivity index is 2.71. The minimum Gasteiger partial charge on any atom is -0.383 e. The fraction of sp³-hybridized carbons (Fsp3) is 0.375. The van der Waals surface area contributed by atoms with Gasteiger partial charge in [0.05, 0.1) is 10.2 Å². The van der Waals surface area contributed by atoms with Crippen molar-refractivity contribution in [2.24, 2.45) is 0 Å². The third-order valence-electron chi connectivity index (χ3n) is 3.35. The van der Waals surface area contributed by atoms with Gasteiger partial charge in [-0.05, 0) is 53.7 Å². The van der Waals surface area contributed by atoms with Crippen LogP contribution in [0.15, 0.2) is 16.6 Å². The van der Waals surface area contributed by atoms with E-state index in [1.54, 1.807) is 0 Å². The summed E-state index contributed by atoms with van der Waals surface area (Å²) in [6.45, 7) is 10.5. The molecule has 0 fully saturated rings. The zero-order valence-corrected chi connectivity index (χ0v) is 14.2. The predicted molar refractivity (Wildman–Crippen MR) is 87.9 cm³/mol. The Labute approximate surface area is 128 Å². The van der Waals surface area contributed by atoms with Crippen molar-refractivity contribution in [1.82, 2.24) is 9.97 Å². The second-order valence-electron chi connectivity index (χ2n) is 5.56. The average molecular weight is 334 g/mol. The molecule has 20 heavy (non-hydrogen) atoms. The van der Waals surface area contributed by atoms with Gasteiger partial charge in [0.1, 0.15) is 5.82 Å². The number of benzene rings is 1. The molecule has 0 saturated carbocycles. The van der Waals surface area contributed by atoms with Gasteiger partial charge >= 0.3 is 0 Å². The molecule has 0 amide bonds. The molecule has 0 aliphatic heterocycles. The lowest BCUT2D eigenvalue weighted by Gasteiger charge is -2.15. The van der Waals surface area contributed by atoms with Crippen LogP contribution < -0.4 is 5.73 Å². The summed E-state index contributed by atoms with van der Waals surface area (Å²) in [4.78, 5) is 9.17. The number of anilines is 1. The number of rotatable bonds is 2. The van der Waals surface area contributed by atoms with Gasteiger partial charge in [-0.1, -0.05) is 31.5 Å². The molecule has 1 aromatic heterocycles. The number of aromatic nitrogens is 2. The van der Waals surface area contributed by atoms with Crippen LogP contribution in [0.2, 0.25) is 0 Å². The van der Waals surface area contributed by atoms with Crippen molar-refractivity contribution in [1.29, 1.82) is 0 Å². The Morgan fingerprint density at radius 2 is 1.60 bits per heavy atom. The Morgan fingerprint density at radius 3 is 2.10 bits per heavy atom. The van der Waals surface area contributed by atoms with E-state index in [1.807, 2.05) is 0 Å². The van der Waals surface area contributed by atoms with Gasteiger partial charge in [0.2, 0.25) is 0 Å². The Hall–Kier alpha value is -1.42. The summed E-state index contributed by atoms with van der Waals surface area (Å²) in [5.41, 5.74) is 11.7. The molecule has 0 atom stereocenters. The summed E-state index contributed by atoms with van der Waals surface area (Å²) in [5, 5.41) is 0. The highest BCUT2D eigenvalue weighted by atomic mass is 79.9. The first-order valence-electron chi connectivity index (χ1n) is 6.72. The number of halogens is 1. The van der Waals surface area contributed by atoms with Gasteiger partial charge < -0.3 is 5.73 Å². The monoisotopic (exact) mass is 333 g/mol. The maximum Gasteiger partial charge on any atom is 0.162 e. The lowest BCUT2D eigenvalue weighted by Crippen LogP contribution is -2.05. The zero-order chi connectivity index (χ0) is 15.0. The molecule has 0 unspecified atom stereocenters. The molecule has 1 heterocycles. The molecule has 0 bridgehead atoms. The molecular weight excluding hydrogens is 314 g/mol. The molecule has 0 aliphatic carbocycles. The van der Waals surface area contributed by atoms with Crippen LogP contribution in [0.4, 0.5) is 5.82 Å². The van der Waals surface area contributed by atoms with E-state index >= 15 is 0 Å². The fourth-order valence-corrected chi connectivity index (χ4v) is 3.14. The van der Waals surface area contributed by atoms with Crippen LogP contribution in [-0.4, -0.2) is 9.97 Å². The molecule has 2 rings (SSSR count). The van der Waals surface area contributed by atoms with E-state index in [9.17, 15) is 0 Å². The first-order chi connectivity index (χ1) is 9.31. The highest BCUT2D eigenvalue weighted by molar-refractivity contribution is 9.10. The first kappa shape index (κ1) is 15.0. The Bertz CT molecular complexity index is 640. The van der Waals surface area contributed by atoms with Crippen molar-refractivity contribution < 1.29 is 0 Å². The topological polar surface area (TPSA) is 51.8 Å². The van der Waals surface area contributed by atoms with Gasteiger partial charge in [-0.25, -0.2) is 9.97 Å². The maximum absolute atomic E-state index is 6.03. The van der Waals surface area contributed by atoms with E-state index in [2.05, 4.69) is 67.7 Å². The number of nitrogen functional groups attached to an aromatic ring is 1. The lowest BCUT2D eigenvalue weighted by molar-refractivity contribution is 0.810. The van der Waals surface area contributed by atoms with E-state index in [-0.39, 0.29) is 0 Å². The summed E-state index contributed by atoms with van der Waals surface area (Å²) >= 11 is 3.49. The zero-order valence-electron chi connectivity index (χ0n) is 12.6. The minimum absolute atomic E-state index is 0.291. The second-order valence-corrected chi connectivity index (χ2v) is 6.35. The standard InChI is InChI=1S/C16H20BrN3/c1-8(2)14-13(17)15(18)20-16(19-14)12-10(4)6-9(3)7-11(12)5/h6-8H,1-5H3,(H2,18,19,20). The Morgan fingerprint density at radius 1 is 1.05 bits per heavy atom. The predicted octanol–water partition coefficient (Wildman–Crippen LogP) is 4.54. The smallest absolute Gasteiger partial charge is 0.162 e. The van der Waals surface area contributed by atoms with Crippen LogP contribution in [0.3, 0.4) is 0 Å². The highest BCUT2D eigenvalue weighted by Crippen LogP contribution is 2.32. The molecule has 106 valence electrons. The number of hydrogen-bond donors (Lipinski definition) is 1. The molecule has 0 spiro atoms. The van der Waals surface area contributed by atoms with Crippen molar-refractivity contribution in [2.75, 3.05) is 5.73 Å². The van der Waals surface area contributed by atoms with Crippen LogP contribution >= 0.6 is 15.9 Å². The van der Waals surface area contributed by atoms with Gasteiger partial charge in [-0.3, -0.25) is 0 Å². The molecule has 4 heteroatoms. The number of aryl methyl sites for hydroxylation is 3. The molecule has 0 aliphatic rings. The third kappa shape index (κ3) is 2.70. The van der Waals surface area contributed by atoms with Crippen molar-refractivity contribution in [3.8, 4) is 11.4 Å². The summed E-state index contributed by atoms with van der Waals surface area (Å²) in [6, 6.07) is 4.30. The van der Waals surface area contributed by atoms with Crippen LogP contribution in [-0.2, 0) is 0 Å². The van der Waals surface area contributed by atoms with Gasteiger partial charge in [-0.2, -0.15) is 0 Å². The fourth-order valence-electron chi connectivity index (χ4n) is 2.51. The van der Waals surface area contributed by atoms with E-state index in [0.29, 0.717) is 17.6 Å². The summed E-state index contributed by atoms with van der Waals surface area (Å²) in [6.07, 6.45) is 0. The van der Waals surface area contributed by atoms with Crippen molar-refractivity contribution >= 4 is 21.7 Å². The molecule has 0 radical (unpaired) electrons. The normalized spacial score (nSPS) is 11.2. The largest absolute Gasteiger partial charge is 0.383 e. The van der Waals surface area contributed by atoms with Gasteiger partial charge in [0, 0.05) is 5.56 Å². The van der Waals surface area contributed by atoms with Crippen LogP contribution in [0.5, 0.6) is 0 Å². The van der Waals surface area contributed by atoms with E-state index < -0.39 is 0 Å². The summed E-state index contributed by atoms with van der Waals surface area (Å²) in [5.74, 6) is 1.50. The average Bonchev–Trinajstić information content (AvgIpc) is 2.31. The van der Waals surface area contributed by atoms with E-state index in [1.165, 1.54) is 16.7 Å². The molecule has 2 N–H and O–H groups in total. The van der Waals surface area contributed by atoms with Crippen LogP contribution in [0.25, 0.3) is 11.4 Å². The molecule has 2 aromatic rings. The van der Waals surface area contributed by atoms with Gasteiger partial charge in [0.25, 0.3) is 0 Å². The van der Waals surface area contributed by atoms with E-state index in [0.717, 1.165) is 15.7 Å². The number of nitrogens with zero attached hydrogens (tertiary/aromatic N) is 2. The maximum atomic E-state index is 6.03. The molecular formula is C16H20BrN3. The van der Waals surface area contributed by atoms with E-state index in [4.69, 9.17) is 10.7 Å². The number of nitrogens with two attached hydrogens (primary N) is 1. The first-order valence-corrected chi connectivity index (χ1v) is 7.51. The van der Waals surface area contributed by atoms with Crippen molar-refractivity contribution in [3.05, 3.63) is 39.0 Å². The number of hydrogen-bond acceptors (Lipinski definition) is 3.